The fourth-order valence-electron chi connectivity index (χ4n) is 3.75. The number of carbonyl (C=O) groups excluding carboxylic acids is 1. The van der Waals surface area contributed by atoms with Gasteiger partial charge in [-0.1, -0.05) is 51.3 Å². The van der Waals surface area contributed by atoms with Gasteiger partial charge in [-0.3, -0.25) is 4.79 Å². The monoisotopic (exact) mass is 419 g/mol. The summed E-state index contributed by atoms with van der Waals surface area (Å²) < 4.78 is 26.7. The van der Waals surface area contributed by atoms with Gasteiger partial charge in [-0.25, -0.2) is 8.42 Å². The molecule has 0 unspecified atom stereocenters. The number of thiophene rings is 1. The molecule has 0 aliphatic heterocycles. The van der Waals surface area contributed by atoms with Crippen LogP contribution in [0.25, 0.3) is 0 Å². The van der Waals surface area contributed by atoms with Crippen LogP contribution in [0.1, 0.15) is 67.6 Å². The zero-order chi connectivity index (χ0) is 20.1. The smallest absolute Gasteiger partial charge is 0.223 e. The summed E-state index contributed by atoms with van der Waals surface area (Å²) in [7, 11) is -3.60. The quantitative estimate of drug-likeness (QED) is 0.680. The molecule has 0 saturated heterocycles. The summed E-state index contributed by atoms with van der Waals surface area (Å²) in [5, 5.41) is 4.05. The van der Waals surface area contributed by atoms with Crippen LogP contribution in [0.2, 0.25) is 0 Å². The molecule has 1 aromatic carbocycles. The summed E-state index contributed by atoms with van der Waals surface area (Å²) in [6.07, 6.45) is 5.14. The van der Waals surface area contributed by atoms with E-state index in [-0.39, 0.29) is 18.4 Å². The number of amides is 1. The van der Waals surface area contributed by atoms with Crippen LogP contribution in [0.3, 0.4) is 0 Å². The molecule has 0 radical (unpaired) electrons. The maximum atomic E-state index is 13.4. The minimum atomic E-state index is -3.60. The average Bonchev–Trinajstić information content (AvgIpc) is 3.23. The molecule has 1 aliphatic rings. The van der Waals surface area contributed by atoms with Gasteiger partial charge in [-0.05, 0) is 47.9 Å². The second-order valence-electron chi connectivity index (χ2n) is 7.85. The Hall–Kier alpha value is -1.66. The van der Waals surface area contributed by atoms with E-state index in [2.05, 4.69) is 19.2 Å². The maximum absolute atomic E-state index is 13.4. The van der Waals surface area contributed by atoms with Crippen molar-refractivity contribution in [2.45, 2.75) is 62.0 Å². The second-order valence-corrected chi connectivity index (χ2v) is 11.0. The van der Waals surface area contributed by atoms with Gasteiger partial charge in [-0.15, -0.1) is 11.3 Å². The molecule has 28 heavy (non-hydrogen) atoms. The molecular formula is C22H29NO3S2. The fourth-order valence-corrected chi connectivity index (χ4v) is 6.53. The Bertz CT molecular complexity index is 865. The topological polar surface area (TPSA) is 63.2 Å². The van der Waals surface area contributed by atoms with Crippen LogP contribution in [-0.4, -0.2) is 20.9 Å². The molecule has 6 heteroatoms. The van der Waals surface area contributed by atoms with Gasteiger partial charge in [0, 0.05) is 17.3 Å². The molecule has 1 fully saturated rings. The van der Waals surface area contributed by atoms with E-state index in [1.807, 2.05) is 29.6 Å². The Morgan fingerprint density at radius 3 is 2.36 bits per heavy atom. The zero-order valence-electron chi connectivity index (χ0n) is 16.6. The van der Waals surface area contributed by atoms with Crippen molar-refractivity contribution in [1.82, 2.24) is 5.32 Å². The van der Waals surface area contributed by atoms with E-state index in [0.717, 1.165) is 36.1 Å². The van der Waals surface area contributed by atoms with Crippen molar-refractivity contribution in [3.63, 3.8) is 0 Å². The Morgan fingerprint density at radius 1 is 1.11 bits per heavy atom. The molecule has 1 saturated carbocycles. The van der Waals surface area contributed by atoms with Gasteiger partial charge in [0.05, 0.1) is 4.90 Å². The van der Waals surface area contributed by atoms with E-state index in [9.17, 15) is 13.2 Å². The number of carbonyl (C=O) groups is 1. The molecule has 2 aromatic rings. The minimum Gasteiger partial charge on any atom is -0.354 e. The Balaban J connectivity index is 1.80. The third kappa shape index (κ3) is 4.84. The first-order valence-electron chi connectivity index (χ1n) is 10.0. The van der Waals surface area contributed by atoms with E-state index in [0.29, 0.717) is 10.8 Å². The average molecular weight is 420 g/mol. The van der Waals surface area contributed by atoms with Gasteiger partial charge in [0.25, 0.3) is 0 Å². The van der Waals surface area contributed by atoms with E-state index in [1.54, 1.807) is 12.1 Å². The number of hydrogen-bond donors (Lipinski definition) is 1. The third-order valence-electron chi connectivity index (χ3n) is 5.55. The van der Waals surface area contributed by atoms with Gasteiger partial charge >= 0.3 is 0 Å². The molecule has 1 aromatic heterocycles. The summed E-state index contributed by atoms with van der Waals surface area (Å²) in [6.45, 7) is 4.28. The molecule has 1 heterocycles. The fraction of sp³-hybridized carbons (Fsp3) is 0.500. The minimum absolute atomic E-state index is 0.00777. The van der Waals surface area contributed by atoms with Crippen LogP contribution >= 0.6 is 11.3 Å². The number of benzene rings is 1. The molecule has 152 valence electrons. The highest BCUT2D eigenvalue weighted by Gasteiger charge is 2.31. The van der Waals surface area contributed by atoms with Crippen molar-refractivity contribution in [2.75, 3.05) is 6.54 Å². The Labute approximate surface area is 172 Å². The predicted octanol–water partition coefficient (Wildman–Crippen LogP) is 5.08. The summed E-state index contributed by atoms with van der Waals surface area (Å²) in [4.78, 5) is 13.6. The third-order valence-corrected chi connectivity index (χ3v) is 8.78. The van der Waals surface area contributed by atoms with E-state index >= 15 is 0 Å². The lowest BCUT2D eigenvalue weighted by Gasteiger charge is -2.23. The van der Waals surface area contributed by atoms with Crippen LogP contribution in [-0.2, 0) is 14.6 Å². The van der Waals surface area contributed by atoms with E-state index in [1.165, 1.54) is 17.8 Å². The highest BCUT2D eigenvalue weighted by Crippen LogP contribution is 2.32. The summed E-state index contributed by atoms with van der Waals surface area (Å²) >= 11 is 1.42. The molecule has 4 nitrogen and oxygen atoms in total. The van der Waals surface area contributed by atoms with Crippen LogP contribution in [0.15, 0.2) is 46.7 Å². The number of sulfone groups is 1. The summed E-state index contributed by atoms with van der Waals surface area (Å²) in [6, 6.07) is 10.8. The Kier molecular flexibility index (Phi) is 6.94. The highest BCUT2D eigenvalue weighted by molar-refractivity contribution is 7.91. The lowest BCUT2D eigenvalue weighted by atomic mass is 9.89. The summed E-state index contributed by atoms with van der Waals surface area (Å²) in [5.41, 5.74) is 1.11. The van der Waals surface area contributed by atoms with Gasteiger partial charge < -0.3 is 5.32 Å². The van der Waals surface area contributed by atoms with Gasteiger partial charge in [0.15, 0.2) is 9.84 Å². The lowest BCUT2D eigenvalue weighted by Crippen LogP contribution is -2.36. The van der Waals surface area contributed by atoms with E-state index in [4.69, 9.17) is 0 Å². The predicted molar refractivity (Wildman–Crippen MR) is 114 cm³/mol. The van der Waals surface area contributed by atoms with Crippen molar-refractivity contribution in [2.24, 2.45) is 5.92 Å². The first-order chi connectivity index (χ1) is 13.4. The maximum Gasteiger partial charge on any atom is 0.223 e. The van der Waals surface area contributed by atoms with Crippen molar-refractivity contribution < 1.29 is 13.2 Å². The molecule has 1 aliphatic carbocycles. The number of hydrogen-bond acceptors (Lipinski definition) is 4. The summed E-state index contributed by atoms with van der Waals surface area (Å²) in [5.74, 6) is 0.358. The first kappa shape index (κ1) is 21.1. The largest absolute Gasteiger partial charge is 0.354 e. The van der Waals surface area contributed by atoms with Crippen LogP contribution < -0.4 is 5.32 Å². The van der Waals surface area contributed by atoms with Crippen molar-refractivity contribution >= 4 is 27.1 Å². The SMILES string of the molecule is CC(C)c1ccc(S(=O)(=O)[C@@H](CNC(=O)C2CCCCC2)c2cccs2)cc1. The molecule has 0 bridgehead atoms. The molecule has 1 atom stereocenters. The molecule has 1 amide bonds. The molecule has 1 N–H and O–H groups in total. The van der Waals surface area contributed by atoms with Gasteiger partial charge in [0.1, 0.15) is 5.25 Å². The number of rotatable bonds is 7. The second kappa shape index (κ2) is 9.23. The molecule has 3 rings (SSSR count). The normalized spacial score (nSPS) is 16.8. The van der Waals surface area contributed by atoms with Crippen molar-refractivity contribution in [1.29, 1.82) is 0 Å². The number of nitrogens with one attached hydrogen (secondary N) is 1. The lowest BCUT2D eigenvalue weighted by molar-refractivity contribution is -0.125. The Morgan fingerprint density at radius 2 is 1.79 bits per heavy atom. The zero-order valence-corrected chi connectivity index (χ0v) is 18.2. The first-order valence-corrected chi connectivity index (χ1v) is 12.5. The van der Waals surface area contributed by atoms with Crippen LogP contribution in [0, 0.1) is 5.92 Å². The van der Waals surface area contributed by atoms with Gasteiger partial charge in [0.2, 0.25) is 5.91 Å². The van der Waals surface area contributed by atoms with E-state index < -0.39 is 15.1 Å². The van der Waals surface area contributed by atoms with Gasteiger partial charge in [-0.2, -0.15) is 0 Å². The highest BCUT2D eigenvalue weighted by atomic mass is 32.2. The van der Waals surface area contributed by atoms with Crippen molar-refractivity contribution in [3.8, 4) is 0 Å². The van der Waals surface area contributed by atoms with Crippen LogP contribution in [0.4, 0.5) is 0 Å². The van der Waals surface area contributed by atoms with Crippen LogP contribution in [0.5, 0.6) is 0 Å². The standard InChI is InChI=1S/C22H29NO3S2/c1-16(2)17-10-12-19(13-11-17)28(25,26)21(20-9-6-14-27-20)15-23-22(24)18-7-4-3-5-8-18/h6,9-14,16,18,21H,3-5,7-8,15H2,1-2H3,(H,23,24)/t21-/m0/s1. The molecule has 0 spiro atoms. The van der Waals surface area contributed by atoms with Crippen molar-refractivity contribution in [3.05, 3.63) is 52.2 Å². The molecular weight excluding hydrogens is 390 g/mol.